The standard InChI is InChI=1S/C14H32N2S/c1-12(2)15-10-14(4,5)11-16(6)13(3)8-9-17-7/h12-13,15H,8-11H2,1-7H3. The maximum absolute atomic E-state index is 3.54. The minimum atomic E-state index is 0.340. The second-order valence-electron chi connectivity index (χ2n) is 6.25. The Morgan fingerprint density at radius 1 is 1.24 bits per heavy atom. The zero-order chi connectivity index (χ0) is 13.5. The fraction of sp³-hybridized carbons (Fsp3) is 1.00. The molecule has 0 fully saturated rings. The number of hydrogen-bond acceptors (Lipinski definition) is 3. The predicted molar refractivity (Wildman–Crippen MR) is 82.0 cm³/mol. The third kappa shape index (κ3) is 8.92. The third-order valence-corrected chi connectivity index (χ3v) is 3.80. The molecule has 0 radical (unpaired) electrons. The third-order valence-electron chi connectivity index (χ3n) is 3.16. The Bertz CT molecular complexity index is 193. The lowest BCUT2D eigenvalue weighted by atomic mass is 9.92. The van der Waals surface area contributed by atoms with Crippen LogP contribution in [0.5, 0.6) is 0 Å². The Balaban J connectivity index is 4.02. The van der Waals surface area contributed by atoms with E-state index in [-0.39, 0.29) is 0 Å². The molecular formula is C14H32N2S. The van der Waals surface area contributed by atoms with Gasteiger partial charge in [-0.2, -0.15) is 11.8 Å². The molecule has 0 spiro atoms. The van der Waals surface area contributed by atoms with Gasteiger partial charge in [0.15, 0.2) is 0 Å². The fourth-order valence-electron chi connectivity index (χ4n) is 1.88. The van der Waals surface area contributed by atoms with Crippen LogP contribution in [0.1, 0.15) is 41.0 Å². The molecule has 17 heavy (non-hydrogen) atoms. The highest BCUT2D eigenvalue weighted by Crippen LogP contribution is 2.18. The Morgan fingerprint density at radius 2 is 1.82 bits per heavy atom. The first-order valence-electron chi connectivity index (χ1n) is 6.71. The van der Waals surface area contributed by atoms with E-state index >= 15 is 0 Å². The van der Waals surface area contributed by atoms with E-state index in [1.54, 1.807) is 0 Å². The molecule has 0 aliphatic carbocycles. The molecule has 0 amide bonds. The highest BCUT2D eigenvalue weighted by molar-refractivity contribution is 7.98. The summed E-state index contributed by atoms with van der Waals surface area (Å²) in [6, 6.07) is 1.26. The molecule has 0 aromatic rings. The quantitative estimate of drug-likeness (QED) is 0.686. The van der Waals surface area contributed by atoms with Gasteiger partial charge in [-0.3, -0.25) is 0 Å². The highest BCUT2D eigenvalue weighted by Gasteiger charge is 2.22. The monoisotopic (exact) mass is 260 g/mol. The van der Waals surface area contributed by atoms with E-state index in [4.69, 9.17) is 0 Å². The van der Waals surface area contributed by atoms with Crippen LogP contribution in [0.3, 0.4) is 0 Å². The van der Waals surface area contributed by atoms with Crippen molar-refractivity contribution in [1.82, 2.24) is 10.2 Å². The molecule has 1 N–H and O–H groups in total. The van der Waals surface area contributed by atoms with Crippen molar-refractivity contribution in [3.63, 3.8) is 0 Å². The van der Waals surface area contributed by atoms with Crippen molar-refractivity contribution in [2.75, 3.05) is 32.1 Å². The SMILES string of the molecule is CSCCC(C)N(C)CC(C)(C)CNC(C)C. The van der Waals surface area contributed by atoms with Crippen molar-refractivity contribution in [3.8, 4) is 0 Å². The van der Waals surface area contributed by atoms with Crippen LogP contribution in [0.4, 0.5) is 0 Å². The van der Waals surface area contributed by atoms with Gasteiger partial charge in [0.05, 0.1) is 0 Å². The molecule has 0 aromatic carbocycles. The van der Waals surface area contributed by atoms with Crippen LogP contribution in [0.15, 0.2) is 0 Å². The summed E-state index contributed by atoms with van der Waals surface area (Å²) >= 11 is 1.94. The molecule has 0 aliphatic rings. The summed E-state index contributed by atoms with van der Waals surface area (Å²) in [4.78, 5) is 2.50. The molecule has 0 rings (SSSR count). The molecule has 3 heteroatoms. The van der Waals surface area contributed by atoms with Crippen molar-refractivity contribution >= 4 is 11.8 Å². The fourth-order valence-corrected chi connectivity index (χ4v) is 2.45. The van der Waals surface area contributed by atoms with E-state index in [1.165, 1.54) is 12.2 Å². The maximum atomic E-state index is 3.54. The molecule has 0 bridgehead atoms. The van der Waals surface area contributed by atoms with E-state index < -0.39 is 0 Å². The minimum Gasteiger partial charge on any atom is -0.314 e. The van der Waals surface area contributed by atoms with Gasteiger partial charge in [0.25, 0.3) is 0 Å². The van der Waals surface area contributed by atoms with Crippen LogP contribution in [-0.2, 0) is 0 Å². The molecule has 1 atom stereocenters. The Labute approximate surface area is 113 Å². The van der Waals surface area contributed by atoms with Gasteiger partial charge < -0.3 is 10.2 Å². The van der Waals surface area contributed by atoms with Gasteiger partial charge in [-0.25, -0.2) is 0 Å². The maximum Gasteiger partial charge on any atom is 0.00719 e. The number of hydrogen-bond donors (Lipinski definition) is 1. The van der Waals surface area contributed by atoms with Gasteiger partial charge in [0.1, 0.15) is 0 Å². The van der Waals surface area contributed by atoms with Crippen LogP contribution >= 0.6 is 11.8 Å². The van der Waals surface area contributed by atoms with Crippen LogP contribution in [0.25, 0.3) is 0 Å². The predicted octanol–water partition coefficient (Wildman–Crippen LogP) is 3.08. The summed E-state index contributed by atoms with van der Waals surface area (Å²) in [6.07, 6.45) is 3.47. The van der Waals surface area contributed by atoms with Crippen molar-refractivity contribution in [2.24, 2.45) is 5.41 Å². The first-order valence-corrected chi connectivity index (χ1v) is 8.10. The molecular weight excluding hydrogens is 228 g/mol. The Morgan fingerprint density at radius 3 is 2.29 bits per heavy atom. The molecule has 0 aliphatic heterocycles. The van der Waals surface area contributed by atoms with Crippen LogP contribution < -0.4 is 5.32 Å². The molecule has 2 nitrogen and oxygen atoms in total. The lowest BCUT2D eigenvalue weighted by Crippen LogP contribution is -2.43. The van der Waals surface area contributed by atoms with E-state index in [0.29, 0.717) is 17.5 Å². The number of rotatable bonds is 9. The second-order valence-corrected chi connectivity index (χ2v) is 7.23. The summed E-state index contributed by atoms with van der Waals surface area (Å²) in [5.41, 5.74) is 0.340. The summed E-state index contributed by atoms with van der Waals surface area (Å²) < 4.78 is 0. The summed E-state index contributed by atoms with van der Waals surface area (Å²) in [5, 5.41) is 3.54. The van der Waals surface area contributed by atoms with Gasteiger partial charge in [0.2, 0.25) is 0 Å². The van der Waals surface area contributed by atoms with Crippen LogP contribution in [0, 0.1) is 5.41 Å². The van der Waals surface area contributed by atoms with E-state index in [1.807, 2.05) is 11.8 Å². The van der Waals surface area contributed by atoms with E-state index in [0.717, 1.165) is 13.1 Å². The zero-order valence-electron chi connectivity index (χ0n) is 12.8. The van der Waals surface area contributed by atoms with Crippen molar-refractivity contribution in [2.45, 2.75) is 53.1 Å². The zero-order valence-corrected chi connectivity index (χ0v) is 13.7. The van der Waals surface area contributed by atoms with Crippen molar-refractivity contribution in [3.05, 3.63) is 0 Å². The molecule has 0 saturated heterocycles. The highest BCUT2D eigenvalue weighted by atomic mass is 32.2. The summed E-state index contributed by atoms with van der Waals surface area (Å²) in [7, 11) is 2.25. The average molecular weight is 260 g/mol. The van der Waals surface area contributed by atoms with Gasteiger partial charge in [-0.05, 0) is 37.8 Å². The Kier molecular flexibility index (Phi) is 8.52. The number of nitrogens with one attached hydrogen (secondary N) is 1. The van der Waals surface area contributed by atoms with Gasteiger partial charge >= 0.3 is 0 Å². The summed E-state index contributed by atoms with van der Waals surface area (Å²) in [5.74, 6) is 1.26. The minimum absolute atomic E-state index is 0.340. The smallest absolute Gasteiger partial charge is 0.00719 e. The van der Waals surface area contributed by atoms with Gasteiger partial charge in [-0.1, -0.05) is 27.7 Å². The average Bonchev–Trinajstić information content (AvgIpc) is 2.22. The lowest BCUT2D eigenvalue weighted by molar-refractivity contribution is 0.161. The normalized spacial score (nSPS) is 14.6. The van der Waals surface area contributed by atoms with Crippen LogP contribution in [-0.4, -0.2) is 49.1 Å². The lowest BCUT2D eigenvalue weighted by Gasteiger charge is -2.34. The van der Waals surface area contributed by atoms with E-state index in [2.05, 4.69) is 58.1 Å². The van der Waals surface area contributed by atoms with E-state index in [9.17, 15) is 0 Å². The molecule has 0 heterocycles. The van der Waals surface area contributed by atoms with Crippen molar-refractivity contribution < 1.29 is 0 Å². The number of nitrogens with zero attached hydrogens (tertiary/aromatic N) is 1. The first kappa shape index (κ1) is 17.3. The van der Waals surface area contributed by atoms with Crippen LogP contribution in [0.2, 0.25) is 0 Å². The largest absolute Gasteiger partial charge is 0.314 e. The molecule has 104 valence electrons. The van der Waals surface area contributed by atoms with Gasteiger partial charge in [0, 0.05) is 25.2 Å². The molecule has 0 saturated carbocycles. The molecule has 1 unspecified atom stereocenters. The number of thioether (sulfide) groups is 1. The van der Waals surface area contributed by atoms with Gasteiger partial charge in [-0.15, -0.1) is 0 Å². The first-order chi connectivity index (χ1) is 7.78. The van der Waals surface area contributed by atoms with Crippen molar-refractivity contribution in [1.29, 1.82) is 0 Å². The topological polar surface area (TPSA) is 15.3 Å². The second kappa shape index (κ2) is 8.39. The Hall–Kier alpha value is 0.270. The summed E-state index contributed by atoms with van der Waals surface area (Å²) in [6.45, 7) is 13.7. The molecule has 0 aromatic heterocycles.